The number of fused-ring (bicyclic) bond motifs is 1. The summed E-state index contributed by atoms with van der Waals surface area (Å²) in [5, 5.41) is 0.712. The van der Waals surface area contributed by atoms with Gasteiger partial charge in [0.25, 0.3) is 0 Å². The Labute approximate surface area is 123 Å². The number of rotatable bonds is 7. The van der Waals surface area contributed by atoms with Crippen molar-refractivity contribution in [2.75, 3.05) is 19.1 Å². The topological polar surface area (TPSA) is 27.1 Å². The molecular weight excluding hydrogens is 283 g/mol. The molecule has 0 spiro atoms. The predicted molar refractivity (Wildman–Crippen MR) is 80.3 cm³/mol. The number of aryl methyl sites for hydroxylation is 2. The second-order valence-electron chi connectivity index (χ2n) is 4.30. The zero-order chi connectivity index (χ0) is 13.7. The van der Waals surface area contributed by atoms with Gasteiger partial charge in [-0.3, -0.25) is 0 Å². The van der Waals surface area contributed by atoms with Crippen molar-refractivity contribution in [1.29, 1.82) is 0 Å². The highest BCUT2D eigenvalue weighted by Crippen LogP contribution is 2.21. The van der Waals surface area contributed by atoms with Crippen molar-refractivity contribution in [2.45, 2.75) is 26.3 Å². The summed E-state index contributed by atoms with van der Waals surface area (Å²) < 4.78 is 7.60. The Balaban J connectivity index is 2.24. The number of benzene rings is 1. The molecule has 0 radical (unpaired) electrons. The number of ether oxygens (including phenoxy) is 1. The standard InChI is InChI=1S/C14H18Cl2N2O/c1-2-19-9-3-8-18-13-5-4-11(16)10-12(13)17-14(18)6-7-15/h4-5,10H,2-3,6-9H2,1H3. The highest BCUT2D eigenvalue weighted by atomic mass is 35.5. The van der Waals surface area contributed by atoms with Crippen LogP contribution in [0.2, 0.25) is 5.02 Å². The molecule has 0 aliphatic carbocycles. The third-order valence-electron chi connectivity index (χ3n) is 2.98. The molecule has 2 rings (SSSR count). The molecule has 0 saturated heterocycles. The van der Waals surface area contributed by atoms with Gasteiger partial charge in [0.05, 0.1) is 11.0 Å². The van der Waals surface area contributed by atoms with E-state index in [1.165, 1.54) is 0 Å². The van der Waals surface area contributed by atoms with Crippen LogP contribution in [-0.4, -0.2) is 28.6 Å². The maximum absolute atomic E-state index is 6.01. The second-order valence-corrected chi connectivity index (χ2v) is 5.12. The van der Waals surface area contributed by atoms with E-state index in [0.717, 1.165) is 49.5 Å². The van der Waals surface area contributed by atoms with Crippen LogP contribution in [0.3, 0.4) is 0 Å². The van der Waals surface area contributed by atoms with Gasteiger partial charge in [-0.15, -0.1) is 11.6 Å². The fraction of sp³-hybridized carbons (Fsp3) is 0.500. The van der Waals surface area contributed by atoms with Crippen LogP contribution in [0.5, 0.6) is 0 Å². The van der Waals surface area contributed by atoms with Gasteiger partial charge in [-0.25, -0.2) is 4.98 Å². The first-order valence-corrected chi connectivity index (χ1v) is 7.46. The van der Waals surface area contributed by atoms with E-state index in [1.54, 1.807) is 0 Å². The molecule has 104 valence electrons. The van der Waals surface area contributed by atoms with E-state index in [4.69, 9.17) is 27.9 Å². The number of alkyl halides is 1. The first kappa shape index (κ1) is 14.6. The van der Waals surface area contributed by atoms with E-state index >= 15 is 0 Å². The van der Waals surface area contributed by atoms with Crippen LogP contribution in [0, 0.1) is 0 Å². The summed E-state index contributed by atoms with van der Waals surface area (Å²) >= 11 is 11.9. The molecule has 0 saturated carbocycles. The van der Waals surface area contributed by atoms with Gasteiger partial charge in [0.15, 0.2) is 0 Å². The van der Waals surface area contributed by atoms with E-state index in [1.807, 2.05) is 25.1 Å². The maximum Gasteiger partial charge on any atom is 0.111 e. The van der Waals surface area contributed by atoms with Crippen LogP contribution in [-0.2, 0) is 17.7 Å². The highest BCUT2D eigenvalue weighted by molar-refractivity contribution is 6.31. The van der Waals surface area contributed by atoms with Crippen LogP contribution in [0.1, 0.15) is 19.2 Å². The molecule has 0 amide bonds. The SMILES string of the molecule is CCOCCCn1c(CCCl)nc2cc(Cl)ccc21. The van der Waals surface area contributed by atoms with Crippen molar-refractivity contribution >= 4 is 34.2 Å². The lowest BCUT2D eigenvalue weighted by molar-refractivity contribution is 0.141. The molecule has 0 aliphatic heterocycles. The quantitative estimate of drug-likeness (QED) is 0.573. The zero-order valence-electron chi connectivity index (χ0n) is 11.0. The summed E-state index contributed by atoms with van der Waals surface area (Å²) in [4.78, 5) is 4.62. The average molecular weight is 301 g/mol. The van der Waals surface area contributed by atoms with Crippen LogP contribution in [0.25, 0.3) is 11.0 Å². The highest BCUT2D eigenvalue weighted by Gasteiger charge is 2.10. The summed E-state index contributed by atoms with van der Waals surface area (Å²) in [6.45, 7) is 4.43. The van der Waals surface area contributed by atoms with Crippen LogP contribution in [0.15, 0.2) is 18.2 Å². The van der Waals surface area contributed by atoms with E-state index in [0.29, 0.717) is 10.9 Å². The van der Waals surface area contributed by atoms with Crippen molar-refractivity contribution in [3.63, 3.8) is 0 Å². The number of halogens is 2. The molecule has 2 aromatic rings. The van der Waals surface area contributed by atoms with Crippen LogP contribution < -0.4 is 0 Å². The van der Waals surface area contributed by atoms with Gasteiger partial charge >= 0.3 is 0 Å². The number of nitrogens with zero attached hydrogens (tertiary/aromatic N) is 2. The van der Waals surface area contributed by atoms with Crippen molar-refractivity contribution in [1.82, 2.24) is 9.55 Å². The molecule has 1 heterocycles. The Morgan fingerprint density at radius 2 is 2.21 bits per heavy atom. The first-order chi connectivity index (χ1) is 9.26. The molecule has 1 aromatic heterocycles. The van der Waals surface area contributed by atoms with Crippen molar-refractivity contribution in [3.8, 4) is 0 Å². The minimum Gasteiger partial charge on any atom is -0.382 e. The van der Waals surface area contributed by atoms with Gasteiger partial charge in [-0.1, -0.05) is 11.6 Å². The molecule has 0 unspecified atom stereocenters. The smallest absolute Gasteiger partial charge is 0.111 e. The zero-order valence-corrected chi connectivity index (χ0v) is 12.5. The fourth-order valence-electron chi connectivity index (χ4n) is 2.15. The average Bonchev–Trinajstić information content (AvgIpc) is 2.72. The van der Waals surface area contributed by atoms with Gasteiger partial charge in [-0.2, -0.15) is 0 Å². The van der Waals surface area contributed by atoms with Crippen LogP contribution >= 0.6 is 23.2 Å². The fourth-order valence-corrected chi connectivity index (χ4v) is 2.48. The molecule has 0 N–H and O–H groups in total. The normalized spacial score (nSPS) is 11.3. The lowest BCUT2D eigenvalue weighted by Gasteiger charge is -2.08. The summed E-state index contributed by atoms with van der Waals surface area (Å²) in [7, 11) is 0. The molecule has 1 aromatic carbocycles. The van der Waals surface area contributed by atoms with E-state index < -0.39 is 0 Å². The maximum atomic E-state index is 6.01. The van der Waals surface area contributed by atoms with Gasteiger partial charge in [-0.05, 0) is 31.5 Å². The Bertz CT molecular complexity index is 539. The summed E-state index contributed by atoms with van der Waals surface area (Å²) in [6, 6.07) is 5.81. The lowest BCUT2D eigenvalue weighted by atomic mass is 10.3. The molecule has 19 heavy (non-hydrogen) atoms. The molecule has 5 heteroatoms. The molecule has 0 atom stereocenters. The Morgan fingerprint density at radius 3 is 2.95 bits per heavy atom. The second kappa shape index (κ2) is 7.13. The minimum atomic E-state index is 0.572. The van der Waals surface area contributed by atoms with Gasteiger partial charge < -0.3 is 9.30 Å². The summed E-state index contributed by atoms with van der Waals surface area (Å²) in [6.07, 6.45) is 1.74. The minimum absolute atomic E-state index is 0.572. The number of hydrogen-bond donors (Lipinski definition) is 0. The first-order valence-electron chi connectivity index (χ1n) is 6.54. The van der Waals surface area contributed by atoms with E-state index in [2.05, 4.69) is 9.55 Å². The monoisotopic (exact) mass is 300 g/mol. The van der Waals surface area contributed by atoms with Crippen molar-refractivity contribution in [3.05, 3.63) is 29.0 Å². The Hall–Kier alpha value is -0.770. The molecule has 3 nitrogen and oxygen atoms in total. The van der Waals surface area contributed by atoms with Crippen molar-refractivity contribution in [2.24, 2.45) is 0 Å². The van der Waals surface area contributed by atoms with Gasteiger partial charge in [0, 0.05) is 37.1 Å². The summed E-state index contributed by atoms with van der Waals surface area (Å²) in [5.74, 6) is 1.59. The lowest BCUT2D eigenvalue weighted by Crippen LogP contribution is -2.07. The molecule has 0 fully saturated rings. The number of hydrogen-bond acceptors (Lipinski definition) is 2. The largest absolute Gasteiger partial charge is 0.382 e. The Morgan fingerprint density at radius 1 is 1.37 bits per heavy atom. The molecular formula is C14H18Cl2N2O. The van der Waals surface area contributed by atoms with Gasteiger partial charge in [0.1, 0.15) is 5.82 Å². The number of imidazole rings is 1. The molecule has 0 aliphatic rings. The third kappa shape index (κ3) is 3.62. The van der Waals surface area contributed by atoms with E-state index in [9.17, 15) is 0 Å². The van der Waals surface area contributed by atoms with E-state index in [-0.39, 0.29) is 0 Å². The summed E-state index contributed by atoms with van der Waals surface area (Å²) in [5.41, 5.74) is 2.05. The van der Waals surface area contributed by atoms with Crippen molar-refractivity contribution < 1.29 is 4.74 Å². The van der Waals surface area contributed by atoms with Gasteiger partial charge in [0.2, 0.25) is 0 Å². The predicted octanol–water partition coefficient (Wildman–Crippen LogP) is 3.90. The number of aromatic nitrogens is 2. The molecule has 0 bridgehead atoms. The van der Waals surface area contributed by atoms with Crippen LogP contribution in [0.4, 0.5) is 0 Å². The Kier molecular flexibility index (Phi) is 5.49. The third-order valence-corrected chi connectivity index (χ3v) is 3.41.